The summed E-state index contributed by atoms with van der Waals surface area (Å²) in [4.78, 5) is 27.1. The third-order valence-electron chi connectivity index (χ3n) is 3.00. The van der Waals surface area contributed by atoms with Crippen molar-refractivity contribution in [2.24, 2.45) is 5.92 Å². The SMILES string of the molecule is Cc1cc[nH]c(=O)c1C(=O)OC[C@@H](C#N)Cc1cccs1. The number of aromatic amines is 1. The number of hydrogen-bond acceptors (Lipinski definition) is 5. The summed E-state index contributed by atoms with van der Waals surface area (Å²) in [7, 11) is 0. The van der Waals surface area contributed by atoms with Crippen molar-refractivity contribution >= 4 is 17.3 Å². The van der Waals surface area contributed by atoms with Gasteiger partial charge in [-0.25, -0.2) is 4.79 Å². The average Bonchev–Trinajstić information content (AvgIpc) is 2.96. The molecule has 0 spiro atoms. The van der Waals surface area contributed by atoms with E-state index in [-0.39, 0.29) is 12.2 Å². The summed E-state index contributed by atoms with van der Waals surface area (Å²) in [6.07, 6.45) is 2.01. The lowest BCUT2D eigenvalue weighted by Gasteiger charge is -2.09. The van der Waals surface area contributed by atoms with Crippen LogP contribution in [-0.2, 0) is 11.2 Å². The molecule has 0 saturated heterocycles. The zero-order valence-corrected chi connectivity index (χ0v) is 12.3. The van der Waals surface area contributed by atoms with Crippen molar-refractivity contribution in [3.05, 3.63) is 56.1 Å². The molecule has 0 aromatic carbocycles. The second kappa shape index (κ2) is 6.86. The molecular weight excluding hydrogens is 288 g/mol. The van der Waals surface area contributed by atoms with E-state index in [1.807, 2.05) is 17.5 Å². The van der Waals surface area contributed by atoms with Gasteiger partial charge in [0.25, 0.3) is 5.56 Å². The molecule has 0 amide bonds. The van der Waals surface area contributed by atoms with Crippen molar-refractivity contribution in [3.63, 3.8) is 0 Å². The number of esters is 1. The van der Waals surface area contributed by atoms with Gasteiger partial charge in [0.1, 0.15) is 12.2 Å². The topological polar surface area (TPSA) is 82.9 Å². The number of nitriles is 1. The Balaban J connectivity index is 2.00. The molecule has 0 radical (unpaired) electrons. The predicted molar refractivity (Wildman–Crippen MR) is 79.2 cm³/mol. The van der Waals surface area contributed by atoms with Gasteiger partial charge in [0.05, 0.1) is 12.0 Å². The van der Waals surface area contributed by atoms with Gasteiger partial charge in [-0.2, -0.15) is 5.26 Å². The van der Waals surface area contributed by atoms with Crippen LogP contribution in [0.5, 0.6) is 0 Å². The summed E-state index contributed by atoms with van der Waals surface area (Å²) < 4.78 is 5.11. The smallest absolute Gasteiger partial charge is 0.344 e. The lowest BCUT2D eigenvalue weighted by atomic mass is 10.1. The Morgan fingerprint density at radius 1 is 1.52 bits per heavy atom. The zero-order chi connectivity index (χ0) is 15.2. The maximum atomic E-state index is 12.0. The Bertz CT molecular complexity index is 713. The molecule has 0 aliphatic carbocycles. The third kappa shape index (κ3) is 3.80. The number of aromatic nitrogens is 1. The fourth-order valence-electron chi connectivity index (χ4n) is 1.89. The van der Waals surface area contributed by atoms with Gasteiger partial charge >= 0.3 is 5.97 Å². The lowest BCUT2D eigenvalue weighted by molar-refractivity contribution is 0.0465. The van der Waals surface area contributed by atoms with Gasteiger partial charge in [-0.1, -0.05) is 6.07 Å². The summed E-state index contributed by atoms with van der Waals surface area (Å²) in [6, 6.07) is 7.59. The molecule has 108 valence electrons. The van der Waals surface area contributed by atoms with E-state index in [1.54, 1.807) is 24.3 Å². The Morgan fingerprint density at radius 2 is 2.33 bits per heavy atom. The monoisotopic (exact) mass is 302 g/mol. The Morgan fingerprint density at radius 3 is 2.95 bits per heavy atom. The van der Waals surface area contributed by atoms with E-state index in [1.165, 1.54) is 6.20 Å². The number of nitrogens with one attached hydrogen (secondary N) is 1. The molecule has 2 aromatic heterocycles. The Labute approximate surface area is 125 Å². The minimum atomic E-state index is -0.694. The van der Waals surface area contributed by atoms with Crippen molar-refractivity contribution in [1.29, 1.82) is 5.26 Å². The second-order valence-electron chi connectivity index (χ2n) is 4.57. The number of ether oxygens (including phenoxy) is 1. The van der Waals surface area contributed by atoms with E-state index in [2.05, 4.69) is 11.1 Å². The van der Waals surface area contributed by atoms with Crippen LogP contribution in [0, 0.1) is 24.2 Å². The van der Waals surface area contributed by atoms with Crippen molar-refractivity contribution < 1.29 is 9.53 Å². The Kier molecular flexibility index (Phi) is 4.90. The van der Waals surface area contributed by atoms with Crippen LogP contribution in [0.1, 0.15) is 20.8 Å². The van der Waals surface area contributed by atoms with Crippen LogP contribution in [-0.4, -0.2) is 17.6 Å². The van der Waals surface area contributed by atoms with E-state index in [4.69, 9.17) is 10.00 Å². The normalized spacial score (nSPS) is 11.6. The number of hydrogen-bond donors (Lipinski definition) is 1. The molecule has 2 aromatic rings. The molecule has 0 fully saturated rings. The van der Waals surface area contributed by atoms with E-state index in [9.17, 15) is 9.59 Å². The summed E-state index contributed by atoms with van der Waals surface area (Å²) in [6.45, 7) is 1.64. The molecule has 2 heterocycles. The van der Waals surface area contributed by atoms with Crippen LogP contribution in [0.15, 0.2) is 34.6 Å². The van der Waals surface area contributed by atoms with Crippen molar-refractivity contribution in [2.45, 2.75) is 13.3 Å². The van der Waals surface area contributed by atoms with Gasteiger partial charge in [0, 0.05) is 17.5 Å². The number of nitrogens with zero attached hydrogens (tertiary/aromatic N) is 1. The first-order valence-electron chi connectivity index (χ1n) is 6.39. The highest BCUT2D eigenvalue weighted by Crippen LogP contribution is 2.15. The van der Waals surface area contributed by atoms with Crippen LogP contribution < -0.4 is 5.56 Å². The number of carbonyl (C=O) groups is 1. The van der Waals surface area contributed by atoms with Crippen LogP contribution in [0.25, 0.3) is 0 Å². The summed E-state index contributed by atoms with van der Waals surface area (Å²) in [5, 5.41) is 11.0. The van der Waals surface area contributed by atoms with E-state index in [0.29, 0.717) is 12.0 Å². The molecule has 5 nitrogen and oxygen atoms in total. The highest BCUT2D eigenvalue weighted by molar-refractivity contribution is 7.09. The number of carbonyl (C=O) groups excluding carboxylic acids is 1. The molecule has 0 unspecified atom stereocenters. The van der Waals surface area contributed by atoms with Gasteiger partial charge in [0.15, 0.2) is 0 Å². The van der Waals surface area contributed by atoms with Crippen molar-refractivity contribution in [1.82, 2.24) is 4.98 Å². The second-order valence-corrected chi connectivity index (χ2v) is 5.61. The maximum Gasteiger partial charge on any atom is 0.344 e. The lowest BCUT2D eigenvalue weighted by Crippen LogP contribution is -2.23. The quantitative estimate of drug-likeness (QED) is 0.859. The average molecular weight is 302 g/mol. The molecule has 1 N–H and O–H groups in total. The van der Waals surface area contributed by atoms with E-state index >= 15 is 0 Å². The summed E-state index contributed by atoms with van der Waals surface area (Å²) >= 11 is 1.56. The van der Waals surface area contributed by atoms with E-state index < -0.39 is 17.4 Å². The third-order valence-corrected chi connectivity index (χ3v) is 3.90. The first-order valence-corrected chi connectivity index (χ1v) is 7.27. The summed E-state index contributed by atoms with van der Waals surface area (Å²) in [5.41, 5.74) is 0.0626. The Hall–Kier alpha value is -2.39. The number of rotatable bonds is 5. The molecule has 6 heteroatoms. The van der Waals surface area contributed by atoms with Crippen molar-refractivity contribution in [3.8, 4) is 6.07 Å². The van der Waals surface area contributed by atoms with Gasteiger partial charge in [-0.3, -0.25) is 4.79 Å². The number of aryl methyl sites for hydroxylation is 1. The molecule has 0 aliphatic rings. The zero-order valence-electron chi connectivity index (χ0n) is 11.5. The van der Waals surface area contributed by atoms with Crippen LogP contribution in [0.2, 0.25) is 0 Å². The standard InChI is InChI=1S/C15H14N2O3S/c1-10-4-5-17-14(18)13(10)15(19)20-9-11(8-16)7-12-3-2-6-21-12/h2-6,11H,7,9H2,1H3,(H,17,18)/t11-/m1/s1. The predicted octanol–water partition coefficient (Wildman–Crippen LogP) is 2.28. The van der Waals surface area contributed by atoms with Crippen LogP contribution in [0.4, 0.5) is 0 Å². The molecule has 2 rings (SSSR count). The van der Waals surface area contributed by atoms with Gasteiger partial charge in [0.2, 0.25) is 0 Å². The fourth-order valence-corrected chi connectivity index (χ4v) is 2.68. The van der Waals surface area contributed by atoms with Gasteiger partial charge in [-0.05, 0) is 30.0 Å². The first-order chi connectivity index (χ1) is 10.1. The molecule has 1 atom stereocenters. The van der Waals surface area contributed by atoms with Crippen LogP contribution in [0.3, 0.4) is 0 Å². The highest BCUT2D eigenvalue weighted by Gasteiger charge is 2.18. The number of thiophene rings is 1. The van der Waals surface area contributed by atoms with Crippen molar-refractivity contribution in [2.75, 3.05) is 6.61 Å². The molecule has 21 heavy (non-hydrogen) atoms. The first kappa shape index (κ1) is 15.0. The molecule has 0 saturated carbocycles. The minimum Gasteiger partial charge on any atom is -0.461 e. The number of pyridine rings is 1. The fraction of sp³-hybridized carbons (Fsp3) is 0.267. The molecule has 0 aliphatic heterocycles. The highest BCUT2D eigenvalue weighted by atomic mass is 32.1. The van der Waals surface area contributed by atoms with E-state index in [0.717, 1.165) is 4.88 Å². The van der Waals surface area contributed by atoms with Gasteiger partial charge < -0.3 is 9.72 Å². The largest absolute Gasteiger partial charge is 0.461 e. The minimum absolute atomic E-state index is 0.00897. The van der Waals surface area contributed by atoms with Gasteiger partial charge in [-0.15, -0.1) is 11.3 Å². The molecular formula is C15H14N2O3S. The van der Waals surface area contributed by atoms with Crippen LogP contribution >= 0.6 is 11.3 Å². The summed E-state index contributed by atoms with van der Waals surface area (Å²) in [5.74, 6) is -1.11. The molecule has 0 bridgehead atoms. The number of H-pyrrole nitrogens is 1. The maximum absolute atomic E-state index is 12.0.